The Kier molecular flexibility index (Phi) is 7.38. The molecule has 30 heavy (non-hydrogen) atoms. The normalized spacial score (nSPS) is 29.8. The van der Waals surface area contributed by atoms with E-state index in [0.29, 0.717) is 4.57 Å². The van der Waals surface area contributed by atoms with Crippen LogP contribution in [-0.4, -0.2) is 64.0 Å². The molecular formula is C9H15FN3O14P3. The number of nitrogen functional groups attached to an aromatic ring is 1. The third-order valence-corrected chi connectivity index (χ3v) is 7.11. The molecule has 21 heteroatoms. The average Bonchev–Trinajstić information content (AvgIpc) is 2.79. The van der Waals surface area contributed by atoms with E-state index in [0.717, 1.165) is 12.3 Å². The highest BCUT2D eigenvalue weighted by Gasteiger charge is 2.51. The first kappa shape index (κ1) is 25.2. The van der Waals surface area contributed by atoms with Crippen molar-refractivity contribution in [1.29, 1.82) is 0 Å². The standard InChI is InChI=1S/C9H15FN3O14P3/c10-4-5(14)6(24-7(4)13-2-1-3(11)12-9(13)16)8(15)25-29(20,21)27-30(22,23)26-28(17,18)19/h1-2,4-8,14-15H,(H,20,21)(H,22,23)(H2,11,12,16)(H2,17,18,19)/t4-,5+,6+,7-,8?/m1/s1. The van der Waals surface area contributed by atoms with Gasteiger partial charge in [-0.1, -0.05) is 0 Å². The van der Waals surface area contributed by atoms with Gasteiger partial charge in [-0.25, -0.2) is 22.9 Å². The van der Waals surface area contributed by atoms with E-state index >= 15 is 0 Å². The van der Waals surface area contributed by atoms with Crippen molar-refractivity contribution in [2.75, 3.05) is 5.73 Å². The monoisotopic (exact) mass is 501 g/mol. The second-order valence-electron chi connectivity index (χ2n) is 5.56. The highest BCUT2D eigenvalue weighted by molar-refractivity contribution is 7.66. The van der Waals surface area contributed by atoms with Crippen LogP contribution >= 0.6 is 23.5 Å². The zero-order valence-corrected chi connectivity index (χ0v) is 16.9. The quantitative estimate of drug-likeness (QED) is 0.151. The van der Waals surface area contributed by atoms with E-state index in [2.05, 4.69) is 18.1 Å². The Bertz CT molecular complexity index is 983. The molecular weight excluding hydrogens is 486 g/mol. The molecule has 0 amide bonds. The molecule has 3 unspecified atom stereocenters. The number of hydrogen-bond donors (Lipinski definition) is 7. The van der Waals surface area contributed by atoms with Gasteiger partial charge in [-0.3, -0.25) is 9.09 Å². The van der Waals surface area contributed by atoms with Gasteiger partial charge in [-0.15, -0.1) is 0 Å². The van der Waals surface area contributed by atoms with Crippen LogP contribution in [0.1, 0.15) is 6.23 Å². The van der Waals surface area contributed by atoms with E-state index in [4.69, 9.17) is 25.2 Å². The molecule has 17 nitrogen and oxygen atoms in total. The summed E-state index contributed by atoms with van der Waals surface area (Å²) in [6.45, 7) is 0. The molecule has 1 aromatic rings. The molecule has 172 valence electrons. The number of alkyl halides is 1. The zero-order chi connectivity index (χ0) is 23.1. The number of aliphatic hydroxyl groups is 2. The second kappa shape index (κ2) is 8.80. The van der Waals surface area contributed by atoms with Crippen LogP contribution in [0.3, 0.4) is 0 Å². The summed E-state index contributed by atoms with van der Waals surface area (Å²) in [6.07, 6.45) is -10.4. The van der Waals surface area contributed by atoms with E-state index in [-0.39, 0.29) is 5.82 Å². The Morgan fingerprint density at radius 3 is 2.33 bits per heavy atom. The molecule has 1 fully saturated rings. The number of hydrogen-bond acceptors (Lipinski definition) is 12. The molecule has 2 rings (SSSR count). The Morgan fingerprint density at radius 2 is 1.80 bits per heavy atom. The summed E-state index contributed by atoms with van der Waals surface area (Å²) in [4.78, 5) is 50.3. The van der Waals surface area contributed by atoms with Crippen LogP contribution in [-0.2, 0) is 31.6 Å². The smallest absolute Gasteiger partial charge is 0.387 e. The molecule has 8 N–H and O–H groups in total. The Hall–Kier alpha value is -1.10. The van der Waals surface area contributed by atoms with Crippen LogP contribution < -0.4 is 11.4 Å². The number of anilines is 1. The van der Waals surface area contributed by atoms with Crippen molar-refractivity contribution in [2.24, 2.45) is 0 Å². The SMILES string of the molecule is Nc1ccn([C@@H]2O[C@H](C(O)OP(=O)(O)OP(=O)(O)OP(=O)(O)O)[C@@H](O)[C@H]2F)c(=O)n1. The molecule has 0 aliphatic carbocycles. The first-order chi connectivity index (χ1) is 13.5. The van der Waals surface area contributed by atoms with Gasteiger partial charge in [0.05, 0.1) is 0 Å². The average molecular weight is 501 g/mol. The highest BCUT2D eigenvalue weighted by atomic mass is 31.3. The van der Waals surface area contributed by atoms with Crippen LogP contribution in [0.25, 0.3) is 0 Å². The minimum Gasteiger partial charge on any atom is -0.387 e. The highest BCUT2D eigenvalue weighted by Crippen LogP contribution is 2.66. The number of aliphatic hydroxyl groups excluding tert-OH is 2. The van der Waals surface area contributed by atoms with Crippen molar-refractivity contribution >= 4 is 29.3 Å². The van der Waals surface area contributed by atoms with Crippen molar-refractivity contribution in [3.8, 4) is 0 Å². The number of ether oxygens (including phenoxy) is 1. The van der Waals surface area contributed by atoms with E-state index in [1.807, 2.05) is 0 Å². The fraction of sp³-hybridized carbons (Fsp3) is 0.556. The summed E-state index contributed by atoms with van der Waals surface area (Å²) in [5, 5.41) is 19.6. The van der Waals surface area contributed by atoms with Crippen molar-refractivity contribution in [1.82, 2.24) is 9.55 Å². The van der Waals surface area contributed by atoms with Crippen LogP contribution in [0.4, 0.5) is 10.2 Å². The molecule has 1 saturated heterocycles. The summed E-state index contributed by atoms with van der Waals surface area (Å²) >= 11 is 0. The third-order valence-electron chi connectivity index (χ3n) is 3.30. The third kappa shape index (κ3) is 6.45. The van der Waals surface area contributed by atoms with Crippen LogP contribution in [0.5, 0.6) is 0 Å². The van der Waals surface area contributed by atoms with Crippen molar-refractivity contribution < 1.29 is 65.8 Å². The van der Waals surface area contributed by atoms with Crippen LogP contribution in [0.2, 0.25) is 0 Å². The molecule has 1 aliphatic rings. The lowest BCUT2D eigenvalue weighted by atomic mass is 10.1. The molecule has 0 bridgehead atoms. The summed E-state index contributed by atoms with van der Waals surface area (Å²) in [5.41, 5.74) is 4.18. The molecule has 1 aliphatic heterocycles. The number of phosphoric ester groups is 1. The molecule has 2 heterocycles. The summed E-state index contributed by atoms with van der Waals surface area (Å²) < 4.78 is 64.2. The first-order valence-electron chi connectivity index (χ1n) is 7.34. The maximum Gasteiger partial charge on any atom is 0.490 e. The van der Waals surface area contributed by atoms with Crippen molar-refractivity contribution in [3.63, 3.8) is 0 Å². The minimum absolute atomic E-state index is 0.213. The molecule has 0 saturated carbocycles. The van der Waals surface area contributed by atoms with E-state index < -0.39 is 60.1 Å². The van der Waals surface area contributed by atoms with Crippen molar-refractivity contribution in [3.05, 3.63) is 22.7 Å². The van der Waals surface area contributed by atoms with E-state index in [9.17, 15) is 38.0 Å². The predicted molar refractivity (Wildman–Crippen MR) is 88.7 cm³/mol. The fourth-order valence-electron chi connectivity index (χ4n) is 2.24. The van der Waals surface area contributed by atoms with Crippen molar-refractivity contribution in [2.45, 2.75) is 30.9 Å². The van der Waals surface area contributed by atoms with Gasteiger partial charge in [0, 0.05) is 6.20 Å². The van der Waals surface area contributed by atoms with Gasteiger partial charge < -0.3 is 40.3 Å². The van der Waals surface area contributed by atoms with Gasteiger partial charge in [-0.2, -0.15) is 13.6 Å². The predicted octanol–water partition coefficient (Wildman–Crippen LogP) is -1.92. The van der Waals surface area contributed by atoms with Gasteiger partial charge in [0.2, 0.25) is 0 Å². The zero-order valence-electron chi connectivity index (χ0n) is 14.2. The number of rotatable bonds is 8. The first-order valence-corrected chi connectivity index (χ1v) is 11.9. The van der Waals surface area contributed by atoms with E-state index in [1.165, 1.54) is 0 Å². The van der Waals surface area contributed by atoms with Gasteiger partial charge in [0.15, 0.2) is 18.7 Å². The number of nitrogens with zero attached hydrogens (tertiary/aromatic N) is 2. The van der Waals surface area contributed by atoms with E-state index in [1.54, 1.807) is 0 Å². The lowest BCUT2D eigenvalue weighted by molar-refractivity contribution is -0.161. The molecule has 0 radical (unpaired) electrons. The Labute approximate surface area is 164 Å². The topological polar surface area (TPSA) is 270 Å². The van der Waals surface area contributed by atoms with Gasteiger partial charge in [-0.05, 0) is 6.07 Å². The Morgan fingerprint density at radius 1 is 1.20 bits per heavy atom. The van der Waals surface area contributed by atoms with Gasteiger partial charge in [0.25, 0.3) is 0 Å². The maximum absolute atomic E-state index is 14.3. The number of nitrogens with two attached hydrogens (primary N) is 1. The number of aromatic nitrogens is 2. The molecule has 7 atom stereocenters. The molecule has 0 aromatic carbocycles. The van der Waals surface area contributed by atoms with Gasteiger partial charge in [0.1, 0.15) is 18.0 Å². The Balaban J connectivity index is 2.13. The molecule has 1 aromatic heterocycles. The second-order valence-corrected chi connectivity index (χ2v) is 9.93. The maximum atomic E-state index is 14.3. The number of phosphoric acid groups is 3. The fourth-order valence-corrected chi connectivity index (χ4v) is 5.29. The largest absolute Gasteiger partial charge is 0.490 e. The van der Waals surface area contributed by atoms with Crippen LogP contribution in [0, 0.1) is 0 Å². The lowest BCUT2D eigenvalue weighted by Gasteiger charge is -2.23. The lowest BCUT2D eigenvalue weighted by Crippen LogP contribution is -2.38. The summed E-state index contributed by atoms with van der Waals surface area (Å²) in [7, 11) is -17.3. The van der Waals surface area contributed by atoms with Crippen LogP contribution in [0.15, 0.2) is 17.1 Å². The van der Waals surface area contributed by atoms with Gasteiger partial charge >= 0.3 is 29.2 Å². The summed E-state index contributed by atoms with van der Waals surface area (Å²) in [5.74, 6) is -0.213. The summed E-state index contributed by atoms with van der Waals surface area (Å²) in [6, 6.07) is 1.08. The molecule has 0 spiro atoms. The number of halogens is 1. The minimum atomic E-state index is -5.88.